The second kappa shape index (κ2) is 6.40. The molecule has 0 aliphatic rings. The molecule has 2 aromatic carbocycles. The molecule has 0 radical (unpaired) electrons. The van der Waals surface area contributed by atoms with Crippen LogP contribution in [0, 0.1) is 0 Å². The average Bonchev–Trinajstić information content (AvgIpc) is 2.47. The van der Waals surface area contributed by atoms with Crippen molar-refractivity contribution >= 4 is 51.9 Å². The quantitative estimate of drug-likeness (QED) is 0.690. The lowest BCUT2D eigenvalue weighted by Gasteiger charge is -2.17. The molecular formula is C13H11Br2NO4S2. The van der Waals surface area contributed by atoms with E-state index in [1.807, 2.05) is 0 Å². The highest BCUT2D eigenvalue weighted by atomic mass is 79.9. The molecule has 0 heterocycles. The molecule has 0 bridgehead atoms. The highest BCUT2D eigenvalue weighted by Crippen LogP contribution is 2.24. The summed E-state index contributed by atoms with van der Waals surface area (Å²) in [5.74, 6) is 0. The van der Waals surface area contributed by atoms with Crippen molar-refractivity contribution in [2.45, 2.75) is 9.79 Å². The molecular weight excluding hydrogens is 458 g/mol. The van der Waals surface area contributed by atoms with Gasteiger partial charge < -0.3 is 0 Å². The molecule has 0 saturated heterocycles. The molecule has 22 heavy (non-hydrogen) atoms. The molecule has 0 saturated carbocycles. The third kappa shape index (κ3) is 3.43. The van der Waals surface area contributed by atoms with Gasteiger partial charge in [-0.15, -0.1) is 0 Å². The van der Waals surface area contributed by atoms with Crippen LogP contribution in [-0.4, -0.2) is 27.6 Å². The minimum Gasteiger partial charge on any atom is -0.206 e. The van der Waals surface area contributed by atoms with E-state index in [0.717, 1.165) is 7.05 Å². The molecule has 118 valence electrons. The highest BCUT2D eigenvalue weighted by molar-refractivity contribution is 9.10. The van der Waals surface area contributed by atoms with Gasteiger partial charge in [0, 0.05) is 16.0 Å². The van der Waals surface area contributed by atoms with E-state index in [2.05, 4.69) is 31.9 Å². The first kappa shape index (κ1) is 17.6. The van der Waals surface area contributed by atoms with Crippen LogP contribution in [0.15, 0.2) is 67.3 Å². The Morgan fingerprint density at radius 2 is 0.955 bits per heavy atom. The molecule has 0 fully saturated rings. The Balaban J connectivity index is 2.47. The van der Waals surface area contributed by atoms with Crippen LogP contribution in [0.1, 0.15) is 0 Å². The molecule has 0 amide bonds. The van der Waals surface area contributed by atoms with Crippen molar-refractivity contribution in [2.75, 3.05) is 7.05 Å². The van der Waals surface area contributed by atoms with Crippen LogP contribution in [0.25, 0.3) is 0 Å². The number of benzene rings is 2. The summed E-state index contributed by atoms with van der Waals surface area (Å²) in [4.78, 5) is -0.197. The van der Waals surface area contributed by atoms with Crippen LogP contribution >= 0.6 is 31.9 Å². The summed E-state index contributed by atoms with van der Waals surface area (Å²) in [5.41, 5.74) is 0. The van der Waals surface area contributed by atoms with Crippen molar-refractivity contribution in [1.82, 2.24) is 3.71 Å². The van der Waals surface area contributed by atoms with Crippen LogP contribution in [0.3, 0.4) is 0 Å². The van der Waals surface area contributed by atoms with Crippen LogP contribution < -0.4 is 0 Å². The van der Waals surface area contributed by atoms with Gasteiger partial charge in [0.25, 0.3) is 20.0 Å². The Morgan fingerprint density at radius 1 is 0.682 bits per heavy atom. The third-order valence-electron chi connectivity index (χ3n) is 2.90. The Labute approximate surface area is 146 Å². The summed E-state index contributed by atoms with van der Waals surface area (Å²) >= 11 is 6.40. The van der Waals surface area contributed by atoms with Crippen molar-refractivity contribution in [3.8, 4) is 0 Å². The largest absolute Gasteiger partial charge is 0.256 e. The van der Waals surface area contributed by atoms with E-state index in [0.29, 0.717) is 12.7 Å². The smallest absolute Gasteiger partial charge is 0.206 e. The minimum atomic E-state index is -4.16. The minimum absolute atomic E-state index is 0.0983. The first-order chi connectivity index (χ1) is 10.2. The standard InChI is InChI=1S/C13H11Br2NO4S2/c1-16(21(17,18)12-6-2-10(14)3-7-12)22(19,20)13-8-4-11(15)5-9-13/h2-9H,1H3. The second-order valence-electron chi connectivity index (χ2n) is 4.30. The first-order valence-electron chi connectivity index (χ1n) is 5.91. The monoisotopic (exact) mass is 467 g/mol. The Kier molecular flexibility index (Phi) is 5.13. The Morgan fingerprint density at radius 3 is 1.23 bits per heavy atom. The van der Waals surface area contributed by atoms with Crippen LogP contribution in [0.4, 0.5) is 0 Å². The maximum Gasteiger partial charge on any atom is 0.256 e. The highest BCUT2D eigenvalue weighted by Gasteiger charge is 2.32. The van der Waals surface area contributed by atoms with E-state index in [9.17, 15) is 16.8 Å². The lowest BCUT2D eigenvalue weighted by Crippen LogP contribution is -2.33. The van der Waals surface area contributed by atoms with E-state index < -0.39 is 20.0 Å². The van der Waals surface area contributed by atoms with Gasteiger partial charge in [0.1, 0.15) is 0 Å². The van der Waals surface area contributed by atoms with Gasteiger partial charge in [0.2, 0.25) is 0 Å². The normalized spacial score (nSPS) is 12.5. The summed E-state index contributed by atoms with van der Waals surface area (Å²) in [7, 11) is -7.30. The van der Waals surface area contributed by atoms with Gasteiger partial charge in [-0.3, -0.25) is 0 Å². The van der Waals surface area contributed by atoms with Crippen molar-refractivity contribution in [3.05, 3.63) is 57.5 Å². The summed E-state index contributed by atoms with van der Waals surface area (Å²) in [6.07, 6.45) is 0. The topological polar surface area (TPSA) is 71.5 Å². The van der Waals surface area contributed by atoms with Gasteiger partial charge in [-0.05, 0) is 48.5 Å². The third-order valence-corrected chi connectivity index (χ3v) is 8.22. The summed E-state index contributed by atoms with van der Waals surface area (Å²) < 4.78 is 51.6. The number of hydrogen-bond acceptors (Lipinski definition) is 4. The van der Waals surface area contributed by atoms with Crippen molar-refractivity contribution in [2.24, 2.45) is 0 Å². The predicted molar refractivity (Wildman–Crippen MR) is 90.4 cm³/mol. The van der Waals surface area contributed by atoms with E-state index >= 15 is 0 Å². The molecule has 0 N–H and O–H groups in total. The van der Waals surface area contributed by atoms with Crippen LogP contribution in [0.2, 0.25) is 0 Å². The molecule has 9 heteroatoms. The molecule has 2 rings (SSSR count). The second-order valence-corrected chi connectivity index (χ2v) is 10.3. The SMILES string of the molecule is CN(S(=O)(=O)c1ccc(Br)cc1)S(=O)(=O)c1ccc(Br)cc1. The van der Waals surface area contributed by atoms with Crippen molar-refractivity contribution in [3.63, 3.8) is 0 Å². The maximum atomic E-state index is 12.5. The van der Waals surface area contributed by atoms with Gasteiger partial charge in [-0.1, -0.05) is 35.6 Å². The molecule has 2 aromatic rings. The summed E-state index contributed by atoms with van der Waals surface area (Å²) in [6, 6.07) is 11.5. The van der Waals surface area contributed by atoms with Crippen molar-refractivity contribution in [1.29, 1.82) is 0 Å². The van der Waals surface area contributed by atoms with E-state index in [1.54, 1.807) is 0 Å². The molecule has 0 atom stereocenters. The number of halogens is 2. The molecule has 0 aliphatic carbocycles. The number of rotatable bonds is 4. The zero-order chi connectivity index (χ0) is 16.5. The number of sulfonamides is 2. The van der Waals surface area contributed by atoms with E-state index in [1.165, 1.54) is 48.5 Å². The lowest BCUT2D eigenvalue weighted by molar-refractivity contribution is 0.526. The Bertz CT molecular complexity index is 801. The zero-order valence-electron chi connectivity index (χ0n) is 11.3. The zero-order valence-corrected chi connectivity index (χ0v) is 16.1. The fourth-order valence-electron chi connectivity index (χ4n) is 1.64. The lowest BCUT2D eigenvalue weighted by atomic mass is 10.4. The van der Waals surface area contributed by atoms with E-state index in [-0.39, 0.29) is 9.79 Å². The summed E-state index contributed by atoms with van der Waals surface area (Å²) in [6.45, 7) is 0. The maximum absolute atomic E-state index is 12.5. The fraction of sp³-hybridized carbons (Fsp3) is 0.0769. The molecule has 0 unspecified atom stereocenters. The summed E-state index contributed by atoms with van der Waals surface area (Å²) in [5, 5.41) is 0. The fourth-order valence-corrected chi connectivity index (χ4v) is 5.27. The number of nitrogens with zero attached hydrogens (tertiary/aromatic N) is 1. The predicted octanol–water partition coefficient (Wildman–Crippen LogP) is 3.22. The van der Waals surface area contributed by atoms with Gasteiger partial charge in [-0.2, -0.15) is 0 Å². The van der Waals surface area contributed by atoms with Gasteiger partial charge >= 0.3 is 0 Å². The first-order valence-corrected chi connectivity index (χ1v) is 10.4. The number of hydrogen-bond donors (Lipinski definition) is 0. The molecule has 0 aliphatic heterocycles. The van der Waals surface area contributed by atoms with Crippen LogP contribution in [0.5, 0.6) is 0 Å². The Hall–Kier alpha value is -0.740. The molecule has 5 nitrogen and oxygen atoms in total. The van der Waals surface area contributed by atoms with Crippen LogP contribution in [-0.2, 0) is 20.0 Å². The molecule has 0 aromatic heterocycles. The van der Waals surface area contributed by atoms with Gasteiger partial charge in [0.15, 0.2) is 0 Å². The van der Waals surface area contributed by atoms with Crippen molar-refractivity contribution < 1.29 is 16.8 Å². The van der Waals surface area contributed by atoms with E-state index in [4.69, 9.17) is 0 Å². The van der Waals surface area contributed by atoms with Gasteiger partial charge in [-0.25, -0.2) is 16.8 Å². The van der Waals surface area contributed by atoms with Gasteiger partial charge in [0.05, 0.1) is 9.79 Å². The molecule has 0 spiro atoms. The average molecular weight is 469 g/mol.